The van der Waals surface area contributed by atoms with Crippen LogP contribution in [0.1, 0.15) is 59.8 Å². The predicted molar refractivity (Wildman–Crippen MR) is 95.7 cm³/mol. The van der Waals surface area contributed by atoms with Gasteiger partial charge in [0.2, 0.25) is 0 Å². The Morgan fingerprint density at radius 1 is 1.09 bits per heavy atom. The van der Waals surface area contributed by atoms with E-state index in [4.69, 9.17) is 0 Å². The number of allylic oxidation sites excluding steroid dienone is 3. The average molecular weight is 302 g/mol. The van der Waals surface area contributed by atoms with Gasteiger partial charge in [0.1, 0.15) is 0 Å². The van der Waals surface area contributed by atoms with Gasteiger partial charge in [-0.3, -0.25) is 0 Å². The van der Waals surface area contributed by atoms with Crippen LogP contribution in [0.2, 0.25) is 0 Å². The summed E-state index contributed by atoms with van der Waals surface area (Å²) in [6, 6.07) is 0.714. The maximum Gasteiger partial charge on any atom is 0.0166 e. The van der Waals surface area contributed by atoms with Gasteiger partial charge in [0.25, 0.3) is 0 Å². The maximum absolute atomic E-state index is 3.92. The van der Waals surface area contributed by atoms with Crippen molar-refractivity contribution in [3.8, 4) is 0 Å². The minimum absolute atomic E-state index is 0.408. The highest BCUT2D eigenvalue weighted by Crippen LogP contribution is 2.45. The van der Waals surface area contributed by atoms with Crippen molar-refractivity contribution in [2.24, 2.45) is 35.0 Å². The smallest absolute Gasteiger partial charge is 0.0166 e. The number of fused-ring (bicyclic) bond motifs is 1. The van der Waals surface area contributed by atoms with Crippen molar-refractivity contribution in [2.45, 2.75) is 65.8 Å². The predicted octanol–water partition coefficient (Wildman–Crippen LogP) is 5.20. The van der Waals surface area contributed by atoms with Crippen LogP contribution >= 0.6 is 0 Å². The van der Waals surface area contributed by atoms with E-state index in [1.54, 1.807) is 0 Å². The molecule has 0 aromatic rings. The summed E-state index contributed by atoms with van der Waals surface area (Å²) in [5, 5.41) is 3.92. The molecule has 0 aromatic heterocycles. The quantitative estimate of drug-likeness (QED) is 0.692. The molecule has 6 atom stereocenters. The molecule has 1 saturated heterocycles. The Balaban J connectivity index is 1.79. The fraction of sp³-hybridized carbons (Fsp3) is 0.810. The van der Waals surface area contributed by atoms with Crippen molar-refractivity contribution >= 4 is 0 Å². The van der Waals surface area contributed by atoms with Crippen molar-refractivity contribution in [1.29, 1.82) is 0 Å². The van der Waals surface area contributed by atoms with Crippen molar-refractivity contribution in [3.05, 3.63) is 24.3 Å². The Hall–Kier alpha value is -0.560. The van der Waals surface area contributed by atoms with Gasteiger partial charge in [0.05, 0.1) is 0 Å². The fourth-order valence-electron chi connectivity index (χ4n) is 5.14. The molecule has 0 saturated carbocycles. The molecule has 2 aliphatic carbocycles. The Kier molecular flexibility index (Phi) is 4.83. The molecule has 0 spiro atoms. The number of hydrogen-bond donors (Lipinski definition) is 1. The Morgan fingerprint density at radius 2 is 1.91 bits per heavy atom. The van der Waals surface area contributed by atoms with Crippen molar-refractivity contribution in [2.75, 3.05) is 6.54 Å². The summed E-state index contributed by atoms with van der Waals surface area (Å²) in [5.41, 5.74) is 0.408. The van der Waals surface area contributed by atoms with Gasteiger partial charge in [-0.15, -0.1) is 0 Å². The molecule has 22 heavy (non-hydrogen) atoms. The summed E-state index contributed by atoms with van der Waals surface area (Å²) in [7, 11) is 0. The van der Waals surface area contributed by atoms with E-state index in [1.807, 2.05) is 0 Å². The summed E-state index contributed by atoms with van der Waals surface area (Å²) in [5.74, 6) is 4.07. The molecule has 1 fully saturated rings. The molecule has 5 unspecified atom stereocenters. The van der Waals surface area contributed by atoms with Gasteiger partial charge >= 0.3 is 0 Å². The average Bonchev–Trinajstić information content (AvgIpc) is 2.53. The van der Waals surface area contributed by atoms with Crippen molar-refractivity contribution in [1.82, 2.24) is 5.32 Å². The first kappa shape index (κ1) is 16.3. The third kappa shape index (κ3) is 3.20. The van der Waals surface area contributed by atoms with E-state index in [1.165, 1.54) is 38.6 Å². The highest BCUT2D eigenvalue weighted by molar-refractivity contribution is 5.12. The Labute approximate surface area is 137 Å². The number of hydrogen-bond acceptors (Lipinski definition) is 1. The summed E-state index contributed by atoms with van der Waals surface area (Å²) < 4.78 is 0. The highest BCUT2D eigenvalue weighted by Gasteiger charge is 2.41. The van der Waals surface area contributed by atoms with Crippen molar-refractivity contribution in [3.63, 3.8) is 0 Å². The number of piperidine rings is 1. The fourth-order valence-corrected chi connectivity index (χ4v) is 5.14. The largest absolute Gasteiger partial charge is 0.313 e. The van der Waals surface area contributed by atoms with Crippen LogP contribution in [0.4, 0.5) is 0 Å². The van der Waals surface area contributed by atoms with E-state index in [-0.39, 0.29) is 0 Å². The number of nitrogens with one attached hydrogen (secondary N) is 1. The lowest BCUT2D eigenvalue weighted by Crippen LogP contribution is -2.52. The van der Waals surface area contributed by atoms with E-state index < -0.39 is 0 Å². The molecule has 1 nitrogen and oxygen atoms in total. The molecular formula is C21H35N. The molecule has 1 heteroatoms. The second-order valence-electron chi connectivity index (χ2n) is 8.94. The van der Waals surface area contributed by atoms with Crippen molar-refractivity contribution < 1.29 is 0 Å². The molecule has 0 aromatic carbocycles. The molecule has 1 aliphatic heterocycles. The first-order valence-corrected chi connectivity index (χ1v) is 9.59. The standard InChI is InChI=1S/C21H35N/c1-5-15-14-17(21(2,3)4)10-11-19(15)20-18-9-7-6-8-16(18)12-13-22-20/h6,8,10-11,15-20,22H,5,7,9,12-14H2,1-4H3/t15?,16?,17?,18-,19?,20?/m1/s1. The van der Waals surface area contributed by atoms with E-state index in [0.29, 0.717) is 11.5 Å². The molecule has 0 amide bonds. The maximum atomic E-state index is 3.92. The van der Waals surface area contributed by atoms with Crippen LogP contribution in [0.3, 0.4) is 0 Å². The zero-order chi connectivity index (χ0) is 15.7. The van der Waals surface area contributed by atoms with E-state index in [0.717, 1.165) is 29.6 Å². The monoisotopic (exact) mass is 301 g/mol. The van der Waals surface area contributed by atoms with Gasteiger partial charge in [-0.1, -0.05) is 58.4 Å². The van der Waals surface area contributed by atoms with Crippen LogP contribution in [0.15, 0.2) is 24.3 Å². The topological polar surface area (TPSA) is 12.0 Å². The van der Waals surface area contributed by atoms with Crippen LogP contribution in [-0.4, -0.2) is 12.6 Å². The zero-order valence-electron chi connectivity index (χ0n) is 15.0. The van der Waals surface area contributed by atoms with Gasteiger partial charge in [0, 0.05) is 6.04 Å². The Morgan fingerprint density at radius 3 is 2.64 bits per heavy atom. The molecule has 1 heterocycles. The SMILES string of the molecule is CCC1CC(C(C)(C)C)C=CC1C1NCCC2C=CCC[C@H]21. The second kappa shape index (κ2) is 6.51. The molecule has 3 rings (SSSR count). The van der Waals surface area contributed by atoms with Gasteiger partial charge in [-0.05, 0) is 67.2 Å². The van der Waals surface area contributed by atoms with Crippen LogP contribution in [0.5, 0.6) is 0 Å². The lowest BCUT2D eigenvalue weighted by atomic mass is 9.63. The first-order valence-electron chi connectivity index (χ1n) is 9.59. The third-order valence-corrected chi connectivity index (χ3v) is 6.64. The van der Waals surface area contributed by atoms with Gasteiger partial charge in [-0.25, -0.2) is 0 Å². The summed E-state index contributed by atoms with van der Waals surface area (Å²) in [6.45, 7) is 10.8. The second-order valence-corrected chi connectivity index (χ2v) is 8.94. The van der Waals surface area contributed by atoms with Crippen LogP contribution in [0.25, 0.3) is 0 Å². The molecule has 0 bridgehead atoms. The minimum atomic E-state index is 0.408. The van der Waals surface area contributed by atoms with Crippen LogP contribution in [-0.2, 0) is 0 Å². The minimum Gasteiger partial charge on any atom is -0.313 e. The third-order valence-electron chi connectivity index (χ3n) is 6.64. The molecule has 124 valence electrons. The van der Waals surface area contributed by atoms with E-state index in [9.17, 15) is 0 Å². The summed E-state index contributed by atoms with van der Waals surface area (Å²) in [4.78, 5) is 0. The summed E-state index contributed by atoms with van der Waals surface area (Å²) >= 11 is 0. The lowest BCUT2D eigenvalue weighted by Gasteiger charge is -2.47. The summed E-state index contributed by atoms with van der Waals surface area (Å²) in [6.07, 6.45) is 16.8. The van der Waals surface area contributed by atoms with Crippen LogP contribution in [0, 0.1) is 35.0 Å². The first-order chi connectivity index (χ1) is 10.5. The number of rotatable bonds is 2. The van der Waals surface area contributed by atoms with Gasteiger partial charge in [-0.2, -0.15) is 0 Å². The van der Waals surface area contributed by atoms with Gasteiger partial charge < -0.3 is 5.32 Å². The Bertz CT molecular complexity index is 428. The zero-order valence-corrected chi connectivity index (χ0v) is 15.0. The van der Waals surface area contributed by atoms with Gasteiger partial charge in [0.15, 0.2) is 0 Å². The normalized spacial score (nSPS) is 42.2. The van der Waals surface area contributed by atoms with E-state index >= 15 is 0 Å². The highest BCUT2D eigenvalue weighted by atomic mass is 14.9. The molecule has 0 radical (unpaired) electrons. The van der Waals surface area contributed by atoms with E-state index in [2.05, 4.69) is 57.3 Å². The molecule has 3 aliphatic rings. The lowest BCUT2D eigenvalue weighted by molar-refractivity contribution is 0.111. The van der Waals surface area contributed by atoms with Crippen LogP contribution < -0.4 is 5.32 Å². The molecule has 1 N–H and O–H groups in total. The molecular weight excluding hydrogens is 266 g/mol.